The van der Waals surface area contributed by atoms with E-state index in [-0.39, 0.29) is 16.2 Å². The monoisotopic (exact) mass is 342 g/mol. The van der Waals surface area contributed by atoms with E-state index in [9.17, 15) is 13.2 Å². The van der Waals surface area contributed by atoms with E-state index in [1.54, 1.807) is 0 Å². The lowest BCUT2D eigenvalue weighted by molar-refractivity contribution is 0.0597. The van der Waals surface area contributed by atoms with Gasteiger partial charge >= 0.3 is 5.97 Å². The second kappa shape index (κ2) is 7.29. The van der Waals surface area contributed by atoms with Crippen LogP contribution in [0.4, 0.5) is 0 Å². The van der Waals surface area contributed by atoms with Gasteiger partial charge in [-0.2, -0.15) is 4.31 Å². The first kappa shape index (κ1) is 17.7. The van der Waals surface area contributed by atoms with Crippen molar-refractivity contribution in [1.29, 1.82) is 0 Å². The molecule has 0 radical (unpaired) electrons. The van der Waals surface area contributed by atoms with Gasteiger partial charge in [-0.15, -0.1) is 0 Å². The lowest BCUT2D eigenvalue weighted by Crippen LogP contribution is -2.30. The minimum Gasteiger partial charge on any atom is -0.496 e. The third-order valence-corrected chi connectivity index (χ3v) is 5.82. The number of hydrogen-bond acceptors (Lipinski definition) is 6. The Bertz CT molecular complexity index is 674. The summed E-state index contributed by atoms with van der Waals surface area (Å²) in [6, 6.07) is 4.20. The van der Waals surface area contributed by atoms with E-state index < -0.39 is 16.0 Å². The van der Waals surface area contributed by atoms with E-state index in [1.807, 2.05) is 7.05 Å². The molecule has 1 saturated heterocycles. The number of esters is 1. The highest BCUT2D eigenvalue weighted by Crippen LogP contribution is 2.28. The molecule has 1 atom stereocenters. The lowest BCUT2D eigenvalue weighted by atomic mass is 10.1. The molecule has 1 heterocycles. The quantitative estimate of drug-likeness (QED) is 0.767. The van der Waals surface area contributed by atoms with Gasteiger partial charge in [-0.1, -0.05) is 0 Å². The lowest BCUT2D eigenvalue weighted by Gasteiger charge is -2.17. The van der Waals surface area contributed by atoms with Crippen molar-refractivity contribution in [2.75, 3.05) is 40.9 Å². The number of hydrogen-bond donors (Lipinski definition) is 1. The van der Waals surface area contributed by atoms with Crippen molar-refractivity contribution in [3.8, 4) is 5.75 Å². The van der Waals surface area contributed by atoms with Crippen molar-refractivity contribution in [3.05, 3.63) is 23.8 Å². The van der Waals surface area contributed by atoms with Crippen LogP contribution >= 0.6 is 0 Å². The Labute approximate surface area is 136 Å². The van der Waals surface area contributed by atoms with Gasteiger partial charge in [0.2, 0.25) is 10.0 Å². The zero-order valence-corrected chi connectivity index (χ0v) is 14.4. The zero-order chi connectivity index (χ0) is 17.0. The Morgan fingerprint density at radius 2 is 2.13 bits per heavy atom. The Balaban J connectivity index is 2.28. The maximum atomic E-state index is 12.7. The van der Waals surface area contributed by atoms with Gasteiger partial charge < -0.3 is 14.8 Å². The fraction of sp³-hybridized carbons (Fsp3) is 0.533. The third kappa shape index (κ3) is 3.65. The number of methoxy groups -OCH3 is 2. The van der Waals surface area contributed by atoms with Crippen LogP contribution in [0.5, 0.6) is 5.75 Å². The van der Waals surface area contributed by atoms with E-state index in [4.69, 9.17) is 4.74 Å². The summed E-state index contributed by atoms with van der Waals surface area (Å²) in [7, 11) is 0.905. The first-order valence-corrected chi connectivity index (χ1v) is 8.79. The Hall–Kier alpha value is -1.64. The van der Waals surface area contributed by atoms with E-state index >= 15 is 0 Å². The van der Waals surface area contributed by atoms with Gasteiger partial charge in [0.1, 0.15) is 11.3 Å². The van der Waals surface area contributed by atoms with Crippen LogP contribution in [0.25, 0.3) is 0 Å². The summed E-state index contributed by atoms with van der Waals surface area (Å²) in [5.74, 6) is -0.0732. The third-order valence-electron chi connectivity index (χ3n) is 3.96. The molecule has 0 amide bonds. The van der Waals surface area contributed by atoms with Crippen molar-refractivity contribution < 1.29 is 22.7 Å². The van der Waals surface area contributed by atoms with Crippen LogP contribution in [0.1, 0.15) is 16.8 Å². The SMILES string of the molecule is CNCC1CCN(S(=O)(=O)c2ccc(C(=O)OC)c(OC)c2)C1. The van der Waals surface area contributed by atoms with Crippen LogP contribution in [0, 0.1) is 5.92 Å². The number of carbonyl (C=O) groups excluding carboxylic acids is 1. The number of nitrogens with one attached hydrogen (secondary N) is 1. The van der Waals surface area contributed by atoms with E-state index in [1.165, 1.54) is 36.7 Å². The standard InChI is InChI=1S/C15H22N2O5S/c1-16-9-11-6-7-17(10-11)23(19,20)12-4-5-13(15(18)22-3)14(8-12)21-2/h4-5,8,11,16H,6-7,9-10H2,1-3H3. The molecule has 0 spiro atoms. The van der Waals surface area contributed by atoms with Crippen LogP contribution in [-0.4, -0.2) is 59.6 Å². The molecule has 1 unspecified atom stereocenters. The predicted octanol–water partition coefficient (Wildman–Crippen LogP) is 0.712. The summed E-state index contributed by atoms with van der Waals surface area (Å²) in [5.41, 5.74) is 0.198. The van der Waals surface area contributed by atoms with Gasteiger partial charge in [0.15, 0.2) is 0 Å². The molecule has 0 saturated carbocycles. The van der Waals surface area contributed by atoms with Crippen molar-refractivity contribution >= 4 is 16.0 Å². The fourth-order valence-corrected chi connectivity index (χ4v) is 4.28. The molecule has 2 rings (SSSR count). The summed E-state index contributed by atoms with van der Waals surface area (Å²) in [6.07, 6.45) is 0.831. The molecule has 0 aliphatic carbocycles. The van der Waals surface area contributed by atoms with Crippen LogP contribution in [0.3, 0.4) is 0 Å². The molecular formula is C15H22N2O5S. The molecule has 8 heteroatoms. The minimum absolute atomic E-state index is 0.118. The van der Waals surface area contributed by atoms with Crippen molar-refractivity contribution in [2.45, 2.75) is 11.3 Å². The summed E-state index contributed by atoms with van der Waals surface area (Å²) in [5, 5.41) is 3.07. The Morgan fingerprint density at radius 3 is 2.74 bits per heavy atom. The van der Waals surface area contributed by atoms with Crippen LogP contribution in [0.15, 0.2) is 23.1 Å². The summed E-state index contributed by atoms with van der Waals surface area (Å²) < 4.78 is 36.7. The van der Waals surface area contributed by atoms with Gasteiger partial charge in [-0.05, 0) is 38.1 Å². The van der Waals surface area contributed by atoms with Gasteiger partial charge in [-0.3, -0.25) is 0 Å². The van der Waals surface area contributed by atoms with Gasteiger partial charge in [-0.25, -0.2) is 13.2 Å². The summed E-state index contributed by atoms with van der Waals surface area (Å²) in [6.45, 7) is 1.77. The molecule has 128 valence electrons. The van der Waals surface area contributed by atoms with Gasteiger partial charge in [0, 0.05) is 19.2 Å². The molecule has 0 bridgehead atoms. The topological polar surface area (TPSA) is 84.9 Å². The molecule has 1 aliphatic heterocycles. The molecular weight excluding hydrogens is 320 g/mol. The fourth-order valence-electron chi connectivity index (χ4n) is 2.73. The number of rotatable bonds is 6. The summed E-state index contributed by atoms with van der Waals surface area (Å²) in [4.78, 5) is 11.8. The van der Waals surface area contributed by atoms with Crippen molar-refractivity contribution in [3.63, 3.8) is 0 Å². The number of sulfonamides is 1. The smallest absolute Gasteiger partial charge is 0.341 e. The van der Waals surface area contributed by atoms with Gasteiger partial charge in [0.25, 0.3) is 0 Å². The number of nitrogens with zero attached hydrogens (tertiary/aromatic N) is 1. The van der Waals surface area contributed by atoms with Gasteiger partial charge in [0.05, 0.1) is 19.1 Å². The molecule has 0 aromatic heterocycles. The Morgan fingerprint density at radius 1 is 1.39 bits per heavy atom. The highest BCUT2D eigenvalue weighted by molar-refractivity contribution is 7.89. The second-order valence-corrected chi connectivity index (χ2v) is 7.37. The molecule has 1 aromatic carbocycles. The first-order valence-electron chi connectivity index (χ1n) is 7.35. The molecule has 1 N–H and O–H groups in total. The largest absolute Gasteiger partial charge is 0.496 e. The average molecular weight is 342 g/mol. The molecule has 1 fully saturated rings. The number of benzene rings is 1. The van der Waals surface area contributed by atoms with Crippen molar-refractivity contribution in [1.82, 2.24) is 9.62 Å². The number of carbonyl (C=O) groups is 1. The minimum atomic E-state index is -3.60. The molecule has 1 aliphatic rings. The Kier molecular flexibility index (Phi) is 5.61. The highest BCUT2D eigenvalue weighted by Gasteiger charge is 2.32. The second-order valence-electron chi connectivity index (χ2n) is 5.43. The summed E-state index contributed by atoms with van der Waals surface area (Å²) >= 11 is 0. The average Bonchev–Trinajstić information content (AvgIpc) is 3.03. The van der Waals surface area contributed by atoms with E-state index in [2.05, 4.69) is 10.1 Å². The molecule has 23 heavy (non-hydrogen) atoms. The van der Waals surface area contributed by atoms with E-state index in [0.29, 0.717) is 19.0 Å². The number of ether oxygens (including phenoxy) is 2. The molecule has 7 nitrogen and oxygen atoms in total. The highest BCUT2D eigenvalue weighted by atomic mass is 32.2. The zero-order valence-electron chi connectivity index (χ0n) is 13.5. The molecule has 1 aromatic rings. The van der Waals surface area contributed by atoms with Crippen LogP contribution < -0.4 is 10.1 Å². The first-order chi connectivity index (χ1) is 10.9. The maximum absolute atomic E-state index is 12.7. The van der Waals surface area contributed by atoms with Crippen LogP contribution in [0.2, 0.25) is 0 Å². The van der Waals surface area contributed by atoms with Crippen LogP contribution in [-0.2, 0) is 14.8 Å². The normalized spacial score (nSPS) is 18.8. The predicted molar refractivity (Wildman–Crippen MR) is 85.1 cm³/mol. The maximum Gasteiger partial charge on any atom is 0.341 e. The van der Waals surface area contributed by atoms with E-state index in [0.717, 1.165) is 13.0 Å². The van der Waals surface area contributed by atoms with Crippen molar-refractivity contribution in [2.24, 2.45) is 5.92 Å².